The molecule has 2 N–H and O–H groups in total. The van der Waals surface area contributed by atoms with Gasteiger partial charge in [-0.1, -0.05) is 20.3 Å². The molecule has 0 aromatic carbocycles. The van der Waals surface area contributed by atoms with E-state index in [1.54, 1.807) is 11.3 Å². The van der Waals surface area contributed by atoms with Crippen molar-refractivity contribution in [1.29, 1.82) is 0 Å². The Balaban J connectivity index is 2.44. The molecule has 0 bridgehead atoms. The number of hydrogen-bond donors (Lipinski definition) is 1. The topological polar surface area (TPSA) is 43.1 Å². The van der Waals surface area contributed by atoms with E-state index in [1.807, 2.05) is 0 Å². The Morgan fingerprint density at radius 2 is 2.06 bits per heavy atom. The zero-order chi connectivity index (χ0) is 12.0. The van der Waals surface area contributed by atoms with E-state index in [0.717, 1.165) is 12.8 Å². The van der Waals surface area contributed by atoms with Gasteiger partial charge in [0.25, 0.3) is 0 Å². The molecule has 2 nitrogen and oxygen atoms in total. The first kappa shape index (κ1) is 13.4. The van der Waals surface area contributed by atoms with Crippen molar-refractivity contribution in [2.75, 3.05) is 6.54 Å². The van der Waals surface area contributed by atoms with E-state index in [-0.39, 0.29) is 0 Å². The normalized spacial score (nSPS) is 12.7. The molecule has 1 atom stereocenters. The first-order valence-corrected chi connectivity index (χ1v) is 6.80. The van der Waals surface area contributed by atoms with Crippen molar-refractivity contribution in [1.82, 2.24) is 0 Å². The number of rotatable bonds is 7. The van der Waals surface area contributed by atoms with Gasteiger partial charge < -0.3 is 5.73 Å². The van der Waals surface area contributed by atoms with Crippen molar-refractivity contribution in [3.05, 3.63) is 21.9 Å². The lowest BCUT2D eigenvalue weighted by molar-refractivity contribution is -0.119. The summed E-state index contributed by atoms with van der Waals surface area (Å²) in [5.74, 6) is 0.680. The molecule has 90 valence electrons. The number of carbonyl (C=O) groups excluding carboxylic acids is 1. The minimum absolute atomic E-state index is 0.321. The van der Waals surface area contributed by atoms with Crippen LogP contribution in [0, 0.1) is 5.92 Å². The maximum atomic E-state index is 11.8. The summed E-state index contributed by atoms with van der Waals surface area (Å²) in [6.07, 6.45) is 3.26. The Labute approximate surface area is 102 Å². The van der Waals surface area contributed by atoms with Gasteiger partial charge in [0.2, 0.25) is 0 Å². The molecular weight excluding hydrogens is 218 g/mol. The molecular formula is C13H21NOS. The van der Waals surface area contributed by atoms with Gasteiger partial charge in [-0.05, 0) is 31.0 Å². The predicted molar refractivity (Wildman–Crippen MR) is 69.9 cm³/mol. The molecule has 0 radical (unpaired) electrons. The van der Waals surface area contributed by atoms with Crippen molar-refractivity contribution in [2.45, 2.75) is 39.5 Å². The lowest BCUT2D eigenvalue weighted by Gasteiger charge is -2.09. The highest BCUT2D eigenvalue weighted by molar-refractivity contribution is 7.12. The zero-order valence-corrected chi connectivity index (χ0v) is 11.0. The second-order valence-corrected chi connectivity index (χ2v) is 5.40. The van der Waals surface area contributed by atoms with Crippen molar-refractivity contribution >= 4 is 17.1 Å². The van der Waals surface area contributed by atoms with Crippen LogP contribution in [0.3, 0.4) is 0 Å². The molecule has 0 saturated carbocycles. The van der Waals surface area contributed by atoms with E-state index < -0.39 is 0 Å². The Bertz CT molecular complexity index is 328. The van der Waals surface area contributed by atoms with Gasteiger partial charge in [-0.2, -0.15) is 0 Å². The summed E-state index contributed by atoms with van der Waals surface area (Å²) in [4.78, 5) is 14.3. The summed E-state index contributed by atoms with van der Waals surface area (Å²) < 4.78 is 0. The van der Waals surface area contributed by atoms with Gasteiger partial charge in [0.15, 0.2) is 0 Å². The molecule has 0 spiro atoms. The third-order valence-corrected chi connectivity index (χ3v) is 4.09. The average molecular weight is 239 g/mol. The molecule has 0 aliphatic carbocycles. The molecule has 1 aromatic rings. The summed E-state index contributed by atoms with van der Waals surface area (Å²) in [6, 6.07) is 4.19. The van der Waals surface area contributed by atoms with E-state index in [0.29, 0.717) is 31.1 Å². The Morgan fingerprint density at radius 3 is 2.56 bits per heavy atom. The van der Waals surface area contributed by atoms with Gasteiger partial charge in [0.1, 0.15) is 5.78 Å². The van der Waals surface area contributed by atoms with Gasteiger partial charge in [0, 0.05) is 22.6 Å². The van der Waals surface area contributed by atoms with E-state index in [4.69, 9.17) is 5.73 Å². The van der Waals surface area contributed by atoms with Crippen molar-refractivity contribution < 1.29 is 4.79 Å². The maximum Gasteiger partial charge on any atom is 0.138 e. The average Bonchev–Trinajstić information content (AvgIpc) is 2.73. The monoisotopic (exact) mass is 239 g/mol. The standard InChI is InChI=1S/C13H21NOS/c1-3-10(9-14)7-11(15)8-13-6-5-12(4-2)16-13/h5-6,10H,3-4,7-9,14H2,1-2H3. The molecule has 16 heavy (non-hydrogen) atoms. The van der Waals surface area contributed by atoms with E-state index in [2.05, 4.69) is 26.0 Å². The number of nitrogens with two attached hydrogens (primary N) is 1. The van der Waals surface area contributed by atoms with Crippen LogP contribution in [0.15, 0.2) is 12.1 Å². The summed E-state index contributed by atoms with van der Waals surface area (Å²) >= 11 is 1.75. The molecule has 1 aromatic heterocycles. The van der Waals surface area contributed by atoms with Gasteiger partial charge in [-0.25, -0.2) is 0 Å². The van der Waals surface area contributed by atoms with E-state index >= 15 is 0 Å². The number of ketones is 1. The summed E-state index contributed by atoms with van der Waals surface area (Å²) in [5.41, 5.74) is 5.60. The number of thiophene rings is 1. The quantitative estimate of drug-likeness (QED) is 0.795. The van der Waals surface area contributed by atoms with E-state index in [1.165, 1.54) is 9.75 Å². The van der Waals surface area contributed by atoms with Gasteiger partial charge >= 0.3 is 0 Å². The van der Waals surface area contributed by atoms with Crippen LogP contribution in [0.25, 0.3) is 0 Å². The van der Waals surface area contributed by atoms with Crippen LogP contribution in [0.2, 0.25) is 0 Å². The molecule has 0 fully saturated rings. The minimum Gasteiger partial charge on any atom is -0.330 e. The lowest BCUT2D eigenvalue weighted by Crippen LogP contribution is -2.18. The largest absolute Gasteiger partial charge is 0.330 e. The highest BCUT2D eigenvalue weighted by atomic mass is 32.1. The van der Waals surface area contributed by atoms with Gasteiger partial charge in [-0.3, -0.25) is 4.79 Å². The smallest absolute Gasteiger partial charge is 0.138 e. The molecule has 0 saturated heterocycles. The third-order valence-electron chi connectivity index (χ3n) is 2.86. The molecule has 1 rings (SSSR count). The molecule has 1 heterocycles. The zero-order valence-electron chi connectivity index (χ0n) is 10.2. The van der Waals surface area contributed by atoms with Crippen LogP contribution in [-0.4, -0.2) is 12.3 Å². The Kier molecular flexibility index (Phi) is 5.71. The predicted octanol–water partition coefficient (Wildman–Crippen LogP) is 2.80. The summed E-state index contributed by atoms with van der Waals surface area (Å²) in [5, 5.41) is 0. The number of aryl methyl sites for hydroxylation is 1. The summed E-state index contributed by atoms with van der Waals surface area (Å²) in [7, 11) is 0. The van der Waals surface area contributed by atoms with Crippen molar-refractivity contribution in [3.63, 3.8) is 0 Å². The fraction of sp³-hybridized carbons (Fsp3) is 0.615. The van der Waals surface area contributed by atoms with Crippen LogP contribution in [-0.2, 0) is 17.6 Å². The number of Topliss-reactive ketones (excluding diaryl/α,β-unsaturated/α-hetero) is 1. The Morgan fingerprint density at radius 1 is 1.38 bits per heavy atom. The maximum absolute atomic E-state index is 11.8. The first-order chi connectivity index (χ1) is 7.69. The third kappa shape index (κ3) is 4.06. The fourth-order valence-corrected chi connectivity index (χ4v) is 2.68. The van der Waals surface area contributed by atoms with Gasteiger partial charge in [-0.15, -0.1) is 11.3 Å². The molecule has 1 unspecified atom stereocenters. The highest BCUT2D eigenvalue weighted by Gasteiger charge is 2.12. The SMILES string of the molecule is CCc1ccc(CC(=O)CC(CC)CN)s1. The van der Waals surface area contributed by atoms with Crippen LogP contribution < -0.4 is 5.73 Å². The van der Waals surface area contributed by atoms with Crippen LogP contribution >= 0.6 is 11.3 Å². The first-order valence-electron chi connectivity index (χ1n) is 5.98. The molecule has 0 amide bonds. The lowest BCUT2D eigenvalue weighted by atomic mass is 9.98. The van der Waals surface area contributed by atoms with Gasteiger partial charge in [0.05, 0.1) is 0 Å². The van der Waals surface area contributed by atoms with E-state index in [9.17, 15) is 4.79 Å². The second-order valence-electron chi connectivity index (χ2n) is 4.15. The molecule has 0 aliphatic rings. The minimum atomic E-state index is 0.321. The van der Waals surface area contributed by atoms with Crippen LogP contribution in [0.4, 0.5) is 0 Å². The van der Waals surface area contributed by atoms with Crippen LogP contribution in [0.1, 0.15) is 36.4 Å². The number of carbonyl (C=O) groups is 1. The number of hydrogen-bond acceptors (Lipinski definition) is 3. The second kappa shape index (κ2) is 6.81. The van der Waals surface area contributed by atoms with Crippen molar-refractivity contribution in [3.8, 4) is 0 Å². The fourth-order valence-electron chi connectivity index (χ4n) is 1.69. The molecule has 0 aliphatic heterocycles. The van der Waals surface area contributed by atoms with Crippen LogP contribution in [0.5, 0.6) is 0 Å². The Hall–Kier alpha value is -0.670. The highest BCUT2D eigenvalue weighted by Crippen LogP contribution is 2.19. The molecule has 3 heteroatoms. The van der Waals surface area contributed by atoms with Crippen molar-refractivity contribution in [2.24, 2.45) is 11.7 Å². The summed E-state index contributed by atoms with van der Waals surface area (Å²) in [6.45, 7) is 4.84.